The molecular formula is C18H23N3S. The summed E-state index contributed by atoms with van der Waals surface area (Å²) >= 11 is 5.31. The van der Waals surface area contributed by atoms with Crippen molar-refractivity contribution in [3.8, 4) is 0 Å². The third-order valence-electron chi connectivity index (χ3n) is 3.52. The molecule has 116 valence electrons. The van der Waals surface area contributed by atoms with Crippen LogP contribution in [0.2, 0.25) is 0 Å². The minimum absolute atomic E-state index is 0.654. The van der Waals surface area contributed by atoms with Gasteiger partial charge in [-0.3, -0.25) is 0 Å². The molecule has 4 heteroatoms. The van der Waals surface area contributed by atoms with Gasteiger partial charge < -0.3 is 15.5 Å². The Hall–Kier alpha value is -2.07. The van der Waals surface area contributed by atoms with Crippen LogP contribution in [0.3, 0.4) is 0 Å². The van der Waals surface area contributed by atoms with Crippen LogP contribution in [-0.2, 0) is 0 Å². The number of nitrogens with one attached hydrogen (secondary N) is 2. The zero-order chi connectivity index (χ0) is 15.9. The first kappa shape index (κ1) is 16.3. The summed E-state index contributed by atoms with van der Waals surface area (Å²) in [4.78, 5) is 2.21. The number of aryl methyl sites for hydroxylation is 2. The Morgan fingerprint density at radius 2 is 1.50 bits per heavy atom. The summed E-state index contributed by atoms with van der Waals surface area (Å²) in [7, 11) is 2.09. The smallest absolute Gasteiger partial charge is 0.170 e. The van der Waals surface area contributed by atoms with Crippen molar-refractivity contribution in [1.29, 1.82) is 0 Å². The molecule has 0 aliphatic rings. The predicted octanol–water partition coefficient (Wildman–Crippen LogP) is 3.73. The first-order valence-electron chi connectivity index (χ1n) is 7.44. The number of benzene rings is 2. The Kier molecular flexibility index (Phi) is 5.78. The van der Waals surface area contributed by atoms with Gasteiger partial charge in [0, 0.05) is 31.5 Å². The number of hydrogen-bond donors (Lipinski definition) is 2. The highest BCUT2D eigenvalue weighted by Crippen LogP contribution is 2.12. The molecule has 0 fully saturated rings. The van der Waals surface area contributed by atoms with Gasteiger partial charge >= 0.3 is 0 Å². The number of nitrogens with zero attached hydrogens (tertiary/aromatic N) is 1. The number of anilines is 2. The Bertz CT molecular complexity index is 605. The lowest BCUT2D eigenvalue weighted by Crippen LogP contribution is -2.35. The summed E-state index contributed by atoms with van der Waals surface area (Å²) in [6, 6.07) is 16.7. The molecule has 2 rings (SSSR count). The molecule has 0 unspecified atom stereocenters. The van der Waals surface area contributed by atoms with E-state index >= 15 is 0 Å². The molecule has 0 heterocycles. The summed E-state index contributed by atoms with van der Waals surface area (Å²) in [6.45, 7) is 5.85. The molecule has 0 saturated carbocycles. The van der Waals surface area contributed by atoms with Crippen molar-refractivity contribution >= 4 is 28.7 Å². The first-order chi connectivity index (χ1) is 10.5. The summed E-state index contributed by atoms with van der Waals surface area (Å²) in [5, 5.41) is 7.08. The maximum Gasteiger partial charge on any atom is 0.170 e. The molecule has 0 saturated heterocycles. The molecule has 0 radical (unpaired) electrons. The average molecular weight is 313 g/mol. The molecule has 2 aromatic rings. The Morgan fingerprint density at radius 1 is 0.955 bits per heavy atom. The molecule has 22 heavy (non-hydrogen) atoms. The molecule has 2 aromatic carbocycles. The first-order valence-corrected chi connectivity index (χ1v) is 7.85. The lowest BCUT2D eigenvalue weighted by molar-refractivity contribution is 0.827. The summed E-state index contributed by atoms with van der Waals surface area (Å²) in [5.41, 5.74) is 4.74. The fourth-order valence-electron chi connectivity index (χ4n) is 2.08. The van der Waals surface area contributed by atoms with E-state index in [1.54, 1.807) is 0 Å². The van der Waals surface area contributed by atoms with Gasteiger partial charge in [-0.25, -0.2) is 0 Å². The minimum atomic E-state index is 0.654. The van der Waals surface area contributed by atoms with Crippen LogP contribution >= 0.6 is 12.2 Å². The number of likely N-dealkylation sites (N-methyl/N-ethyl adjacent to an activating group) is 1. The molecule has 0 bridgehead atoms. The summed E-state index contributed by atoms with van der Waals surface area (Å²) in [5.74, 6) is 0. The standard InChI is InChI=1S/C18H23N3S/c1-14-4-8-16(9-5-14)20-18(22)19-12-13-21(3)17-10-6-15(2)7-11-17/h4-11H,12-13H2,1-3H3,(H2,19,20,22). The third-order valence-corrected chi connectivity index (χ3v) is 3.76. The van der Waals surface area contributed by atoms with Gasteiger partial charge in [0.1, 0.15) is 0 Å². The van der Waals surface area contributed by atoms with E-state index in [9.17, 15) is 0 Å². The van der Waals surface area contributed by atoms with Gasteiger partial charge in [-0.05, 0) is 50.3 Å². The minimum Gasteiger partial charge on any atom is -0.373 e. The van der Waals surface area contributed by atoms with Gasteiger partial charge in [-0.2, -0.15) is 0 Å². The average Bonchev–Trinajstić information content (AvgIpc) is 2.50. The van der Waals surface area contributed by atoms with E-state index in [-0.39, 0.29) is 0 Å². The SMILES string of the molecule is Cc1ccc(NC(=S)NCCN(C)c2ccc(C)cc2)cc1. The fourth-order valence-corrected chi connectivity index (χ4v) is 2.30. The predicted molar refractivity (Wildman–Crippen MR) is 99.9 cm³/mol. The van der Waals surface area contributed by atoms with Gasteiger partial charge in [-0.1, -0.05) is 35.4 Å². The van der Waals surface area contributed by atoms with Crippen molar-refractivity contribution < 1.29 is 0 Å². The third kappa shape index (κ3) is 5.04. The summed E-state index contributed by atoms with van der Waals surface area (Å²) < 4.78 is 0. The Balaban J connectivity index is 1.74. The van der Waals surface area contributed by atoms with E-state index in [0.29, 0.717) is 5.11 Å². The van der Waals surface area contributed by atoms with Crippen molar-refractivity contribution in [1.82, 2.24) is 5.32 Å². The van der Waals surface area contributed by atoms with Crippen molar-refractivity contribution in [2.24, 2.45) is 0 Å². The van der Waals surface area contributed by atoms with E-state index in [0.717, 1.165) is 18.8 Å². The zero-order valence-corrected chi connectivity index (χ0v) is 14.2. The van der Waals surface area contributed by atoms with E-state index in [1.807, 2.05) is 12.1 Å². The normalized spacial score (nSPS) is 10.1. The van der Waals surface area contributed by atoms with Crippen molar-refractivity contribution in [2.45, 2.75) is 13.8 Å². The molecule has 3 nitrogen and oxygen atoms in total. The number of thiocarbonyl (C=S) groups is 1. The molecule has 0 aromatic heterocycles. The molecule has 0 spiro atoms. The highest BCUT2D eigenvalue weighted by Gasteiger charge is 2.01. The van der Waals surface area contributed by atoms with Gasteiger partial charge in [0.15, 0.2) is 5.11 Å². The van der Waals surface area contributed by atoms with Crippen LogP contribution in [0, 0.1) is 13.8 Å². The van der Waals surface area contributed by atoms with Crippen LogP contribution in [0.25, 0.3) is 0 Å². The van der Waals surface area contributed by atoms with Gasteiger partial charge in [0.2, 0.25) is 0 Å². The lowest BCUT2D eigenvalue weighted by Gasteiger charge is -2.20. The second kappa shape index (κ2) is 7.80. The topological polar surface area (TPSA) is 27.3 Å². The maximum atomic E-state index is 5.31. The highest BCUT2D eigenvalue weighted by atomic mass is 32.1. The van der Waals surface area contributed by atoms with Crippen molar-refractivity contribution in [3.05, 3.63) is 59.7 Å². The van der Waals surface area contributed by atoms with Crippen LogP contribution < -0.4 is 15.5 Å². The van der Waals surface area contributed by atoms with E-state index in [2.05, 4.69) is 72.8 Å². The zero-order valence-electron chi connectivity index (χ0n) is 13.4. The second-order valence-corrected chi connectivity index (χ2v) is 5.91. The molecule has 0 aliphatic heterocycles. The maximum absolute atomic E-state index is 5.31. The molecule has 2 N–H and O–H groups in total. The van der Waals surface area contributed by atoms with E-state index < -0.39 is 0 Å². The molecular weight excluding hydrogens is 290 g/mol. The van der Waals surface area contributed by atoms with Crippen LogP contribution in [0.1, 0.15) is 11.1 Å². The van der Waals surface area contributed by atoms with Crippen molar-refractivity contribution in [2.75, 3.05) is 30.4 Å². The quantitative estimate of drug-likeness (QED) is 0.823. The number of rotatable bonds is 5. The second-order valence-electron chi connectivity index (χ2n) is 5.50. The monoisotopic (exact) mass is 313 g/mol. The van der Waals surface area contributed by atoms with Gasteiger partial charge in [-0.15, -0.1) is 0 Å². The van der Waals surface area contributed by atoms with Crippen molar-refractivity contribution in [3.63, 3.8) is 0 Å². The van der Waals surface area contributed by atoms with E-state index in [1.165, 1.54) is 16.8 Å². The fraction of sp³-hybridized carbons (Fsp3) is 0.278. The van der Waals surface area contributed by atoms with Crippen LogP contribution in [-0.4, -0.2) is 25.2 Å². The largest absolute Gasteiger partial charge is 0.373 e. The van der Waals surface area contributed by atoms with Crippen LogP contribution in [0.5, 0.6) is 0 Å². The van der Waals surface area contributed by atoms with Gasteiger partial charge in [0.25, 0.3) is 0 Å². The van der Waals surface area contributed by atoms with E-state index in [4.69, 9.17) is 12.2 Å². The number of hydrogen-bond acceptors (Lipinski definition) is 2. The molecule has 0 amide bonds. The molecule has 0 aliphatic carbocycles. The Labute approximate surface area is 138 Å². The highest BCUT2D eigenvalue weighted by molar-refractivity contribution is 7.80. The molecule has 0 atom stereocenters. The van der Waals surface area contributed by atoms with Crippen LogP contribution in [0.4, 0.5) is 11.4 Å². The summed E-state index contributed by atoms with van der Waals surface area (Å²) in [6.07, 6.45) is 0. The van der Waals surface area contributed by atoms with Crippen LogP contribution in [0.15, 0.2) is 48.5 Å². The van der Waals surface area contributed by atoms with Gasteiger partial charge in [0.05, 0.1) is 0 Å². The Morgan fingerprint density at radius 3 is 2.09 bits per heavy atom. The lowest BCUT2D eigenvalue weighted by atomic mass is 10.2.